The first-order valence-corrected chi connectivity index (χ1v) is 4.23. The van der Waals surface area contributed by atoms with Crippen LogP contribution >= 0.6 is 0 Å². The Bertz CT molecular complexity index is 573. The molecule has 2 rings (SSSR count). The number of nitrogen functional groups attached to an aromatic ring is 1. The molecule has 0 spiro atoms. The zero-order chi connectivity index (χ0) is 11.0. The topological polar surface area (TPSA) is 85.7 Å². The van der Waals surface area contributed by atoms with Gasteiger partial charge in [-0.15, -0.1) is 0 Å². The quantitative estimate of drug-likeness (QED) is 0.683. The van der Waals surface area contributed by atoms with Crippen molar-refractivity contribution < 1.29 is 14.3 Å². The fourth-order valence-corrected chi connectivity index (χ4v) is 1.31. The van der Waals surface area contributed by atoms with Crippen LogP contribution in [-0.2, 0) is 0 Å². The summed E-state index contributed by atoms with van der Waals surface area (Å²) in [5, 5.41) is 9.96. The number of rotatable bonds is 1. The highest BCUT2D eigenvalue weighted by Gasteiger charge is 2.10. The van der Waals surface area contributed by atoms with Crippen molar-refractivity contribution in [3.63, 3.8) is 0 Å². The second-order valence-corrected chi connectivity index (χ2v) is 3.01. The average molecular weight is 207 g/mol. The summed E-state index contributed by atoms with van der Waals surface area (Å²) in [4.78, 5) is 11.2. The Morgan fingerprint density at radius 2 is 2.20 bits per heavy atom. The fourth-order valence-electron chi connectivity index (χ4n) is 1.31. The minimum Gasteiger partial charge on any atom is -0.505 e. The first-order valence-electron chi connectivity index (χ1n) is 4.23. The number of fused-ring (bicyclic) bond motifs is 1. The molecule has 0 aliphatic rings. The molecule has 5 nitrogen and oxygen atoms in total. The summed E-state index contributed by atoms with van der Waals surface area (Å²) in [7, 11) is 1.50. The van der Waals surface area contributed by atoms with Gasteiger partial charge in [0.15, 0.2) is 11.4 Å². The first kappa shape index (κ1) is 9.39. The lowest BCUT2D eigenvalue weighted by Gasteiger charge is -2.04. The van der Waals surface area contributed by atoms with Crippen LogP contribution in [-0.4, -0.2) is 12.2 Å². The second kappa shape index (κ2) is 3.20. The van der Waals surface area contributed by atoms with Crippen molar-refractivity contribution in [2.24, 2.45) is 0 Å². The average Bonchev–Trinajstić information content (AvgIpc) is 2.25. The van der Waals surface area contributed by atoms with Crippen molar-refractivity contribution in [1.82, 2.24) is 0 Å². The molecule has 2 aromatic rings. The maximum absolute atomic E-state index is 11.2. The van der Waals surface area contributed by atoms with Crippen LogP contribution in [0.1, 0.15) is 0 Å². The highest BCUT2D eigenvalue weighted by molar-refractivity contribution is 5.88. The monoisotopic (exact) mass is 207 g/mol. The van der Waals surface area contributed by atoms with E-state index in [1.54, 1.807) is 12.1 Å². The van der Waals surface area contributed by atoms with E-state index in [9.17, 15) is 9.90 Å². The third-order valence-corrected chi connectivity index (χ3v) is 2.12. The molecule has 0 aliphatic heterocycles. The zero-order valence-electron chi connectivity index (χ0n) is 7.98. The molecule has 1 aromatic carbocycles. The number of anilines is 1. The molecule has 0 amide bonds. The van der Waals surface area contributed by atoms with Crippen LogP contribution in [0.4, 0.5) is 5.69 Å². The van der Waals surface area contributed by atoms with E-state index in [1.807, 2.05) is 0 Å². The molecule has 78 valence electrons. The molecule has 0 saturated carbocycles. The SMILES string of the molecule is COc1ccc2c(O)c(N)c(=O)oc2c1. The zero-order valence-corrected chi connectivity index (χ0v) is 7.98. The van der Waals surface area contributed by atoms with E-state index < -0.39 is 5.63 Å². The summed E-state index contributed by atoms with van der Waals surface area (Å²) in [6.45, 7) is 0. The number of aromatic hydroxyl groups is 1. The van der Waals surface area contributed by atoms with E-state index >= 15 is 0 Å². The Balaban J connectivity index is 2.86. The van der Waals surface area contributed by atoms with Gasteiger partial charge in [0.2, 0.25) is 0 Å². The summed E-state index contributed by atoms with van der Waals surface area (Å²) in [5.41, 5.74) is 4.53. The summed E-state index contributed by atoms with van der Waals surface area (Å²) in [5.74, 6) is 0.277. The molecule has 3 N–H and O–H groups in total. The molecule has 0 saturated heterocycles. The van der Waals surface area contributed by atoms with Crippen LogP contribution in [0.15, 0.2) is 27.4 Å². The van der Waals surface area contributed by atoms with E-state index in [1.165, 1.54) is 13.2 Å². The van der Waals surface area contributed by atoms with E-state index in [4.69, 9.17) is 14.9 Å². The molecule has 0 unspecified atom stereocenters. The predicted octanol–water partition coefficient (Wildman–Crippen LogP) is 1.09. The normalized spacial score (nSPS) is 10.5. The molecule has 0 radical (unpaired) electrons. The third kappa shape index (κ3) is 1.38. The van der Waals surface area contributed by atoms with E-state index in [0.717, 1.165) is 0 Å². The lowest BCUT2D eigenvalue weighted by molar-refractivity contribution is 0.413. The third-order valence-electron chi connectivity index (χ3n) is 2.12. The van der Waals surface area contributed by atoms with E-state index in [0.29, 0.717) is 11.1 Å². The summed E-state index contributed by atoms with van der Waals surface area (Å²) >= 11 is 0. The van der Waals surface area contributed by atoms with Gasteiger partial charge in [-0.3, -0.25) is 0 Å². The number of ether oxygens (including phenoxy) is 1. The first-order chi connectivity index (χ1) is 7.13. The molecule has 0 aliphatic carbocycles. The van der Waals surface area contributed by atoms with Crippen LogP contribution < -0.4 is 16.1 Å². The molecule has 15 heavy (non-hydrogen) atoms. The lowest BCUT2D eigenvalue weighted by atomic mass is 10.2. The number of nitrogens with two attached hydrogens (primary N) is 1. The molecule has 5 heteroatoms. The second-order valence-electron chi connectivity index (χ2n) is 3.01. The van der Waals surface area contributed by atoms with Gasteiger partial charge in [0.25, 0.3) is 0 Å². The minimum atomic E-state index is -0.756. The Hall–Kier alpha value is -2.17. The maximum atomic E-state index is 11.2. The number of hydrogen-bond acceptors (Lipinski definition) is 5. The van der Waals surface area contributed by atoms with Crippen molar-refractivity contribution >= 4 is 16.7 Å². The van der Waals surface area contributed by atoms with Gasteiger partial charge in [-0.1, -0.05) is 0 Å². The van der Waals surface area contributed by atoms with Crippen molar-refractivity contribution in [2.75, 3.05) is 12.8 Å². The van der Waals surface area contributed by atoms with Crippen LogP contribution in [0, 0.1) is 0 Å². The van der Waals surface area contributed by atoms with Gasteiger partial charge in [0, 0.05) is 6.07 Å². The molecule has 0 atom stereocenters. The largest absolute Gasteiger partial charge is 0.505 e. The van der Waals surface area contributed by atoms with Gasteiger partial charge < -0.3 is 20.0 Å². The lowest BCUT2D eigenvalue weighted by Crippen LogP contribution is -2.06. The Kier molecular flexibility index (Phi) is 2.00. The molecular weight excluding hydrogens is 198 g/mol. The standard InChI is InChI=1S/C10H9NO4/c1-14-5-2-3-6-7(4-5)15-10(13)8(11)9(6)12/h2-4,12H,11H2,1H3. The van der Waals surface area contributed by atoms with Crippen molar-refractivity contribution in [3.05, 3.63) is 28.6 Å². The predicted molar refractivity (Wildman–Crippen MR) is 55.1 cm³/mol. The molecular formula is C10H9NO4. The van der Waals surface area contributed by atoms with Crippen LogP contribution in [0.5, 0.6) is 11.5 Å². The van der Waals surface area contributed by atoms with Crippen molar-refractivity contribution in [2.45, 2.75) is 0 Å². The summed E-state index contributed by atoms with van der Waals surface area (Å²) in [6, 6.07) is 4.72. The number of methoxy groups -OCH3 is 1. The summed E-state index contributed by atoms with van der Waals surface area (Å²) < 4.78 is 9.85. The smallest absolute Gasteiger partial charge is 0.363 e. The van der Waals surface area contributed by atoms with Gasteiger partial charge in [-0.25, -0.2) is 4.79 Å². The molecule has 0 fully saturated rings. The molecule has 1 heterocycles. The highest BCUT2D eigenvalue weighted by atomic mass is 16.5. The van der Waals surface area contributed by atoms with Crippen molar-refractivity contribution in [1.29, 1.82) is 0 Å². The van der Waals surface area contributed by atoms with Gasteiger partial charge in [0.05, 0.1) is 12.5 Å². The highest BCUT2D eigenvalue weighted by Crippen LogP contribution is 2.29. The Labute approximate surface area is 84.7 Å². The van der Waals surface area contributed by atoms with E-state index in [2.05, 4.69) is 0 Å². The van der Waals surface area contributed by atoms with E-state index in [-0.39, 0.29) is 17.0 Å². The van der Waals surface area contributed by atoms with Gasteiger partial charge >= 0.3 is 5.63 Å². The minimum absolute atomic E-state index is 0.242. The van der Waals surface area contributed by atoms with Crippen LogP contribution in [0.3, 0.4) is 0 Å². The van der Waals surface area contributed by atoms with Crippen LogP contribution in [0.25, 0.3) is 11.0 Å². The van der Waals surface area contributed by atoms with Gasteiger partial charge in [-0.2, -0.15) is 0 Å². The molecule has 1 aromatic heterocycles. The Morgan fingerprint density at radius 1 is 1.47 bits per heavy atom. The van der Waals surface area contributed by atoms with Crippen molar-refractivity contribution in [3.8, 4) is 11.5 Å². The summed E-state index contributed by atoms with van der Waals surface area (Å²) in [6.07, 6.45) is 0. The number of benzene rings is 1. The Morgan fingerprint density at radius 3 is 2.87 bits per heavy atom. The van der Waals surface area contributed by atoms with Crippen LogP contribution in [0.2, 0.25) is 0 Å². The fraction of sp³-hybridized carbons (Fsp3) is 0.100. The van der Waals surface area contributed by atoms with Gasteiger partial charge in [0.1, 0.15) is 11.3 Å². The van der Waals surface area contributed by atoms with Gasteiger partial charge in [-0.05, 0) is 12.1 Å². The maximum Gasteiger partial charge on any atom is 0.363 e. The molecule has 0 bridgehead atoms. The number of hydrogen-bond donors (Lipinski definition) is 2.